The van der Waals surface area contributed by atoms with E-state index < -0.39 is 15.8 Å². The van der Waals surface area contributed by atoms with Crippen LogP contribution in [0, 0.1) is 0 Å². The number of ether oxygens (including phenoxy) is 1. The lowest BCUT2D eigenvalue weighted by molar-refractivity contribution is -0.133. The number of amides is 1. The zero-order valence-electron chi connectivity index (χ0n) is 12.1. The van der Waals surface area contributed by atoms with Gasteiger partial charge in [0.25, 0.3) is 5.91 Å². The van der Waals surface area contributed by atoms with E-state index in [1.54, 1.807) is 13.1 Å². The molecule has 1 heterocycles. The van der Waals surface area contributed by atoms with E-state index in [-0.39, 0.29) is 41.4 Å². The summed E-state index contributed by atoms with van der Waals surface area (Å²) in [4.78, 5) is 24.3. The SMILES string of the molecule is CN(C(=O)COc1cccc(C(=O)O)c1)C1CCS(=O)(=O)C1. The molecule has 1 aliphatic heterocycles. The Bertz CT molecular complexity index is 684. The van der Waals surface area contributed by atoms with Gasteiger partial charge >= 0.3 is 5.97 Å². The van der Waals surface area contributed by atoms with Crippen LogP contribution in [0.5, 0.6) is 5.75 Å². The van der Waals surface area contributed by atoms with Crippen LogP contribution < -0.4 is 4.74 Å². The maximum atomic E-state index is 12.0. The predicted molar refractivity (Wildman–Crippen MR) is 78.7 cm³/mol. The minimum atomic E-state index is -3.06. The third-order valence-corrected chi connectivity index (χ3v) is 5.34. The van der Waals surface area contributed by atoms with Gasteiger partial charge < -0.3 is 14.7 Å². The summed E-state index contributed by atoms with van der Waals surface area (Å²) in [5.41, 5.74) is 0.0696. The first kappa shape index (κ1) is 16.3. The Morgan fingerprint density at radius 1 is 1.41 bits per heavy atom. The van der Waals surface area contributed by atoms with Crippen LogP contribution in [0.3, 0.4) is 0 Å². The van der Waals surface area contributed by atoms with Gasteiger partial charge in [0.15, 0.2) is 16.4 Å². The standard InChI is InChI=1S/C14H17NO6S/c1-15(11-5-6-22(19,20)9-11)13(16)8-21-12-4-2-3-10(7-12)14(17)18/h2-4,7,11H,5-6,8-9H2,1H3,(H,17,18). The molecule has 1 atom stereocenters. The van der Waals surface area contributed by atoms with Crippen molar-refractivity contribution < 1.29 is 27.9 Å². The van der Waals surface area contributed by atoms with Gasteiger partial charge in [-0.1, -0.05) is 6.07 Å². The van der Waals surface area contributed by atoms with Crippen LogP contribution in [0.1, 0.15) is 16.8 Å². The largest absolute Gasteiger partial charge is 0.484 e. The Labute approximate surface area is 128 Å². The summed E-state index contributed by atoms with van der Waals surface area (Å²) in [5, 5.41) is 8.88. The summed E-state index contributed by atoms with van der Waals surface area (Å²) < 4.78 is 28.1. The fraction of sp³-hybridized carbons (Fsp3) is 0.429. The molecule has 0 aromatic heterocycles. The molecule has 1 amide bonds. The van der Waals surface area contributed by atoms with E-state index in [1.807, 2.05) is 0 Å². The fourth-order valence-electron chi connectivity index (χ4n) is 2.25. The number of rotatable bonds is 5. The third kappa shape index (κ3) is 3.97. The number of hydrogen-bond donors (Lipinski definition) is 1. The summed E-state index contributed by atoms with van der Waals surface area (Å²) in [6.07, 6.45) is 0.430. The first-order chi connectivity index (χ1) is 10.3. The average molecular weight is 327 g/mol. The molecule has 2 rings (SSSR count). The van der Waals surface area contributed by atoms with Crippen LogP contribution in [0.4, 0.5) is 0 Å². The second kappa shape index (κ2) is 6.35. The molecule has 22 heavy (non-hydrogen) atoms. The molecule has 0 aliphatic carbocycles. The molecular formula is C14H17NO6S. The van der Waals surface area contributed by atoms with Crippen molar-refractivity contribution in [1.29, 1.82) is 0 Å². The molecule has 1 fully saturated rings. The Kier molecular flexibility index (Phi) is 4.70. The molecule has 1 saturated heterocycles. The van der Waals surface area contributed by atoms with Gasteiger partial charge in [-0.25, -0.2) is 13.2 Å². The van der Waals surface area contributed by atoms with Crippen molar-refractivity contribution in [2.75, 3.05) is 25.2 Å². The first-order valence-corrected chi connectivity index (χ1v) is 8.53. The van der Waals surface area contributed by atoms with Crippen molar-refractivity contribution in [3.8, 4) is 5.75 Å². The number of carbonyl (C=O) groups excluding carboxylic acids is 1. The second-order valence-electron chi connectivity index (χ2n) is 5.18. The second-order valence-corrected chi connectivity index (χ2v) is 7.41. The number of carboxylic acids is 1. The molecule has 1 unspecified atom stereocenters. The van der Waals surface area contributed by atoms with E-state index >= 15 is 0 Å². The van der Waals surface area contributed by atoms with Gasteiger partial charge in [-0.2, -0.15) is 0 Å². The number of nitrogens with zero attached hydrogens (tertiary/aromatic N) is 1. The van der Waals surface area contributed by atoms with Crippen molar-refractivity contribution in [2.24, 2.45) is 0 Å². The number of benzene rings is 1. The summed E-state index contributed by atoms with van der Waals surface area (Å²) in [5.74, 6) is -1.07. The molecule has 1 N–H and O–H groups in total. The van der Waals surface area contributed by atoms with Crippen molar-refractivity contribution >= 4 is 21.7 Å². The van der Waals surface area contributed by atoms with Crippen molar-refractivity contribution in [2.45, 2.75) is 12.5 Å². The van der Waals surface area contributed by atoms with Crippen molar-refractivity contribution in [3.63, 3.8) is 0 Å². The smallest absolute Gasteiger partial charge is 0.335 e. The predicted octanol–water partition coefficient (Wildman–Crippen LogP) is 0.409. The lowest BCUT2D eigenvalue weighted by atomic mass is 10.2. The number of carbonyl (C=O) groups is 2. The van der Waals surface area contributed by atoms with Crippen molar-refractivity contribution in [1.82, 2.24) is 4.90 Å². The van der Waals surface area contributed by atoms with Crippen LogP contribution in [0.25, 0.3) is 0 Å². The van der Waals surface area contributed by atoms with Gasteiger partial charge in [-0.05, 0) is 24.6 Å². The minimum Gasteiger partial charge on any atom is -0.484 e. The lowest BCUT2D eigenvalue weighted by Gasteiger charge is -2.23. The molecule has 1 aromatic carbocycles. The Hall–Kier alpha value is -2.09. The molecule has 120 valence electrons. The van der Waals surface area contributed by atoms with Gasteiger partial charge in [0.1, 0.15) is 5.75 Å². The molecular weight excluding hydrogens is 310 g/mol. The number of likely N-dealkylation sites (N-methyl/N-ethyl adjacent to an activating group) is 1. The average Bonchev–Trinajstić information content (AvgIpc) is 2.84. The van der Waals surface area contributed by atoms with E-state index in [0.717, 1.165) is 0 Å². The molecule has 7 nitrogen and oxygen atoms in total. The molecule has 0 spiro atoms. The summed E-state index contributed by atoms with van der Waals surface area (Å²) >= 11 is 0. The van der Waals surface area contributed by atoms with Crippen LogP contribution in [-0.4, -0.2) is 61.5 Å². The Morgan fingerprint density at radius 3 is 2.73 bits per heavy atom. The Morgan fingerprint density at radius 2 is 2.14 bits per heavy atom. The highest BCUT2D eigenvalue weighted by Crippen LogP contribution is 2.17. The summed E-state index contributed by atoms with van der Waals surface area (Å²) in [7, 11) is -1.51. The summed E-state index contributed by atoms with van der Waals surface area (Å²) in [6.45, 7) is -0.268. The highest BCUT2D eigenvalue weighted by atomic mass is 32.2. The van der Waals surface area contributed by atoms with Crippen LogP contribution in [0.15, 0.2) is 24.3 Å². The van der Waals surface area contributed by atoms with Gasteiger partial charge in [0, 0.05) is 13.1 Å². The quantitative estimate of drug-likeness (QED) is 0.840. The monoisotopic (exact) mass is 327 g/mol. The zero-order valence-corrected chi connectivity index (χ0v) is 12.9. The highest BCUT2D eigenvalue weighted by molar-refractivity contribution is 7.91. The Balaban J connectivity index is 1.92. The summed E-state index contributed by atoms with van der Waals surface area (Å²) in [6, 6.07) is 5.50. The van der Waals surface area contributed by atoms with Gasteiger partial charge in [-0.3, -0.25) is 4.79 Å². The van der Waals surface area contributed by atoms with E-state index in [0.29, 0.717) is 6.42 Å². The number of hydrogen-bond acceptors (Lipinski definition) is 5. The van der Waals surface area contributed by atoms with Crippen LogP contribution in [-0.2, 0) is 14.6 Å². The number of carboxylic acid groups (broad SMARTS) is 1. The van der Waals surface area contributed by atoms with E-state index in [2.05, 4.69) is 0 Å². The van der Waals surface area contributed by atoms with Crippen LogP contribution >= 0.6 is 0 Å². The maximum Gasteiger partial charge on any atom is 0.335 e. The molecule has 8 heteroatoms. The number of aromatic carboxylic acids is 1. The first-order valence-electron chi connectivity index (χ1n) is 6.71. The third-order valence-electron chi connectivity index (χ3n) is 3.59. The topological polar surface area (TPSA) is 101 Å². The van der Waals surface area contributed by atoms with Crippen LogP contribution in [0.2, 0.25) is 0 Å². The van der Waals surface area contributed by atoms with Crippen molar-refractivity contribution in [3.05, 3.63) is 29.8 Å². The molecule has 1 aliphatic rings. The molecule has 0 bridgehead atoms. The normalized spacial score (nSPS) is 19.6. The van der Waals surface area contributed by atoms with Gasteiger partial charge in [-0.15, -0.1) is 0 Å². The number of sulfone groups is 1. The van der Waals surface area contributed by atoms with E-state index in [9.17, 15) is 18.0 Å². The molecule has 1 aromatic rings. The molecule has 0 radical (unpaired) electrons. The van der Waals surface area contributed by atoms with Gasteiger partial charge in [0.2, 0.25) is 0 Å². The highest BCUT2D eigenvalue weighted by Gasteiger charge is 2.32. The fourth-order valence-corrected chi connectivity index (χ4v) is 4.02. The minimum absolute atomic E-state index is 0.0241. The van der Waals surface area contributed by atoms with Gasteiger partial charge in [0.05, 0.1) is 17.1 Å². The van der Waals surface area contributed by atoms with E-state index in [1.165, 1.54) is 23.1 Å². The lowest BCUT2D eigenvalue weighted by Crippen LogP contribution is -2.40. The van der Waals surface area contributed by atoms with E-state index in [4.69, 9.17) is 9.84 Å². The maximum absolute atomic E-state index is 12.0. The zero-order chi connectivity index (χ0) is 16.3. The molecule has 0 saturated carbocycles.